The number of halogens is 3. The van der Waals surface area contributed by atoms with E-state index in [-0.39, 0.29) is 12.2 Å². The van der Waals surface area contributed by atoms with Gasteiger partial charge in [0, 0.05) is 11.1 Å². The molecule has 0 spiro atoms. The first-order valence-electron chi connectivity index (χ1n) is 10.8. The quantitative estimate of drug-likeness (QED) is 0.246. The van der Waals surface area contributed by atoms with E-state index in [1.807, 2.05) is 30.3 Å². The minimum absolute atomic E-state index is 0.0726. The van der Waals surface area contributed by atoms with E-state index < -0.39 is 18.4 Å². The Bertz CT molecular complexity index is 1370. The van der Waals surface area contributed by atoms with Gasteiger partial charge >= 0.3 is 12.3 Å². The summed E-state index contributed by atoms with van der Waals surface area (Å²) in [4.78, 5) is 16.8. The van der Waals surface area contributed by atoms with E-state index in [1.54, 1.807) is 31.2 Å². The summed E-state index contributed by atoms with van der Waals surface area (Å²) in [5, 5.41) is 4.37. The maximum Gasteiger partial charge on any atom is 0.573 e. The number of carbonyl (C=O) groups excluding carboxylic acids is 1. The van der Waals surface area contributed by atoms with Crippen molar-refractivity contribution in [1.29, 1.82) is 0 Å². The van der Waals surface area contributed by atoms with Crippen LogP contribution in [-0.4, -0.2) is 27.1 Å². The van der Waals surface area contributed by atoms with Gasteiger partial charge in [0.15, 0.2) is 11.9 Å². The van der Waals surface area contributed by atoms with Crippen LogP contribution in [0.5, 0.6) is 5.75 Å². The maximum absolute atomic E-state index is 12.5. The van der Waals surface area contributed by atoms with Crippen molar-refractivity contribution >= 4 is 5.97 Å². The number of aromatic nitrogens is 3. The molecule has 1 aromatic heterocycles. The van der Waals surface area contributed by atoms with Crippen molar-refractivity contribution in [3.8, 4) is 34.7 Å². The van der Waals surface area contributed by atoms with Crippen molar-refractivity contribution in [2.24, 2.45) is 0 Å². The van der Waals surface area contributed by atoms with E-state index in [1.165, 1.54) is 35.3 Å². The molecule has 0 bridgehead atoms. The second-order valence-corrected chi connectivity index (χ2v) is 7.60. The second-order valence-electron chi connectivity index (χ2n) is 7.60. The number of alkyl halides is 3. The molecule has 0 aliphatic heterocycles. The normalized spacial score (nSPS) is 11.8. The first-order valence-corrected chi connectivity index (χ1v) is 10.8. The molecule has 0 saturated carbocycles. The molecule has 0 aliphatic rings. The molecule has 0 aliphatic carbocycles. The Morgan fingerprint density at radius 1 is 1.00 bits per heavy atom. The lowest BCUT2D eigenvalue weighted by atomic mass is 10.1. The van der Waals surface area contributed by atoms with Gasteiger partial charge in [-0.2, -0.15) is 0 Å². The largest absolute Gasteiger partial charge is 0.573 e. The number of carbonyl (C=O) groups is 1. The molecule has 1 atom stereocenters. The van der Waals surface area contributed by atoms with Gasteiger partial charge in [-0.3, -0.25) is 4.79 Å². The van der Waals surface area contributed by atoms with Crippen LogP contribution in [0.3, 0.4) is 0 Å². The minimum atomic E-state index is -4.75. The summed E-state index contributed by atoms with van der Waals surface area (Å²) >= 11 is 0. The van der Waals surface area contributed by atoms with Gasteiger partial charge in [0.25, 0.3) is 0 Å². The van der Waals surface area contributed by atoms with Crippen LogP contribution in [0.2, 0.25) is 0 Å². The Morgan fingerprint density at radius 3 is 2.33 bits per heavy atom. The van der Waals surface area contributed by atoms with Gasteiger partial charge in [0.1, 0.15) is 12.1 Å². The summed E-state index contributed by atoms with van der Waals surface area (Å²) in [6.45, 7) is 1.69. The van der Waals surface area contributed by atoms with Crippen molar-refractivity contribution in [2.75, 3.05) is 0 Å². The number of rotatable bonds is 7. The third-order valence-corrected chi connectivity index (χ3v) is 5.01. The average molecular weight is 491 g/mol. The summed E-state index contributed by atoms with van der Waals surface area (Å²) in [5.41, 5.74) is 2.78. The third kappa shape index (κ3) is 6.51. The smallest absolute Gasteiger partial charge is 0.444 e. The first-order chi connectivity index (χ1) is 17.3. The molecule has 182 valence electrons. The van der Waals surface area contributed by atoms with Crippen LogP contribution >= 0.6 is 0 Å². The SMILES string of the molecule is CC#CC(OC(=O)Cc1ccc(-c2ncn(-c3ccc(OC(F)(F)F)cc3)n2)cc1)c1ccccc1. The van der Waals surface area contributed by atoms with Gasteiger partial charge in [-0.15, -0.1) is 24.2 Å². The molecule has 0 saturated heterocycles. The van der Waals surface area contributed by atoms with Crippen LogP contribution in [0.4, 0.5) is 13.2 Å². The number of benzene rings is 3. The number of hydrogen-bond donors (Lipinski definition) is 0. The Morgan fingerprint density at radius 2 is 1.69 bits per heavy atom. The van der Waals surface area contributed by atoms with Crippen LogP contribution in [0.25, 0.3) is 17.1 Å². The van der Waals surface area contributed by atoms with Crippen molar-refractivity contribution < 1.29 is 27.4 Å². The lowest BCUT2D eigenvalue weighted by molar-refractivity contribution is -0.274. The van der Waals surface area contributed by atoms with Crippen molar-refractivity contribution in [3.63, 3.8) is 0 Å². The fourth-order valence-corrected chi connectivity index (χ4v) is 3.37. The minimum Gasteiger partial charge on any atom is -0.444 e. The highest BCUT2D eigenvalue weighted by molar-refractivity contribution is 5.73. The highest BCUT2D eigenvalue weighted by Gasteiger charge is 2.31. The molecule has 0 amide bonds. The summed E-state index contributed by atoms with van der Waals surface area (Å²) in [7, 11) is 0. The van der Waals surface area contributed by atoms with Crippen molar-refractivity contribution in [2.45, 2.75) is 25.8 Å². The van der Waals surface area contributed by atoms with Gasteiger partial charge in [-0.25, -0.2) is 9.67 Å². The van der Waals surface area contributed by atoms with Gasteiger partial charge in [-0.05, 0) is 36.8 Å². The molecule has 6 nitrogen and oxygen atoms in total. The monoisotopic (exact) mass is 491 g/mol. The van der Waals surface area contributed by atoms with Gasteiger partial charge < -0.3 is 9.47 Å². The van der Waals surface area contributed by atoms with E-state index >= 15 is 0 Å². The fourth-order valence-electron chi connectivity index (χ4n) is 3.37. The molecular formula is C27H20F3N3O3. The van der Waals surface area contributed by atoms with Crippen LogP contribution in [0, 0.1) is 11.8 Å². The van der Waals surface area contributed by atoms with Crippen LogP contribution in [-0.2, 0) is 16.0 Å². The molecule has 0 fully saturated rings. The molecule has 0 N–H and O–H groups in total. The molecule has 3 aromatic carbocycles. The lowest BCUT2D eigenvalue weighted by Crippen LogP contribution is -2.17. The summed E-state index contributed by atoms with van der Waals surface area (Å²) in [6, 6.07) is 21.7. The molecule has 4 rings (SSSR count). The zero-order valence-corrected chi connectivity index (χ0v) is 19.1. The molecule has 9 heteroatoms. The number of hydrogen-bond acceptors (Lipinski definition) is 5. The highest BCUT2D eigenvalue weighted by atomic mass is 19.4. The number of ether oxygens (including phenoxy) is 2. The third-order valence-electron chi connectivity index (χ3n) is 5.01. The molecule has 1 heterocycles. The topological polar surface area (TPSA) is 66.2 Å². The Hall–Kier alpha value is -4.58. The molecule has 36 heavy (non-hydrogen) atoms. The molecule has 1 unspecified atom stereocenters. The van der Waals surface area contributed by atoms with Crippen LogP contribution in [0.1, 0.15) is 24.2 Å². The summed E-state index contributed by atoms with van der Waals surface area (Å²) in [6.07, 6.45) is -3.86. The molecular weight excluding hydrogens is 471 g/mol. The summed E-state index contributed by atoms with van der Waals surface area (Å²) in [5.74, 6) is 5.39. The molecule has 0 radical (unpaired) electrons. The predicted octanol–water partition coefficient (Wildman–Crippen LogP) is 5.68. The Balaban J connectivity index is 1.39. The van der Waals surface area contributed by atoms with E-state index in [2.05, 4.69) is 26.7 Å². The highest BCUT2D eigenvalue weighted by Crippen LogP contribution is 2.24. The zero-order chi connectivity index (χ0) is 25.5. The van der Waals surface area contributed by atoms with Crippen molar-refractivity contribution in [3.05, 3.63) is 96.3 Å². The maximum atomic E-state index is 12.5. The van der Waals surface area contributed by atoms with Gasteiger partial charge in [-0.1, -0.05) is 60.5 Å². The van der Waals surface area contributed by atoms with Crippen LogP contribution in [0.15, 0.2) is 85.2 Å². The second kappa shape index (κ2) is 10.8. The number of esters is 1. The first kappa shape index (κ1) is 24.5. The molecule has 4 aromatic rings. The lowest BCUT2D eigenvalue weighted by Gasteiger charge is -2.13. The number of nitrogens with zero attached hydrogens (tertiary/aromatic N) is 3. The van der Waals surface area contributed by atoms with Crippen LogP contribution < -0.4 is 4.74 Å². The zero-order valence-electron chi connectivity index (χ0n) is 19.1. The Kier molecular flexibility index (Phi) is 7.35. The van der Waals surface area contributed by atoms with E-state index in [0.29, 0.717) is 17.1 Å². The van der Waals surface area contributed by atoms with E-state index in [0.717, 1.165) is 11.1 Å². The summed E-state index contributed by atoms with van der Waals surface area (Å²) < 4.78 is 47.9. The van der Waals surface area contributed by atoms with Crippen molar-refractivity contribution in [1.82, 2.24) is 14.8 Å². The van der Waals surface area contributed by atoms with E-state index in [4.69, 9.17) is 4.74 Å². The van der Waals surface area contributed by atoms with Gasteiger partial charge in [0.2, 0.25) is 0 Å². The van der Waals surface area contributed by atoms with E-state index in [9.17, 15) is 18.0 Å². The average Bonchev–Trinajstić information content (AvgIpc) is 3.35. The fraction of sp³-hybridized carbons (Fsp3) is 0.148. The van der Waals surface area contributed by atoms with Gasteiger partial charge in [0.05, 0.1) is 12.1 Å². The Labute approximate surface area is 205 Å². The standard InChI is InChI=1S/C27H20F3N3O3/c1-2-6-24(20-7-4-3-5-8-20)35-25(34)17-19-9-11-21(12-10-19)26-31-18-33(32-26)22-13-15-23(16-14-22)36-27(28,29)30/h3-5,7-16,18,24H,17H2,1H3. The predicted molar refractivity (Wildman–Crippen MR) is 126 cm³/mol.